The lowest BCUT2D eigenvalue weighted by Gasteiger charge is -2.01. The molecule has 16 heavy (non-hydrogen) atoms. The summed E-state index contributed by atoms with van der Waals surface area (Å²) in [5.74, 6) is 0.956. The van der Waals surface area contributed by atoms with E-state index in [-0.39, 0.29) is 5.95 Å². The SMILES string of the molecule is Nc1ncn(-c2ccc3ccccc3n2)n1. The van der Waals surface area contributed by atoms with Crippen molar-refractivity contribution < 1.29 is 0 Å². The summed E-state index contributed by atoms with van der Waals surface area (Å²) in [6.07, 6.45) is 1.55. The van der Waals surface area contributed by atoms with Crippen molar-refractivity contribution >= 4 is 16.9 Å². The molecule has 0 aliphatic heterocycles. The van der Waals surface area contributed by atoms with E-state index in [0.29, 0.717) is 5.82 Å². The topological polar surface area (TPSA) is 69.6 Å². The molecule has 0 atom stereocenters. The minimum atomic E-state index is 0.245. The summed E-state index contributed by atoms with van der Waals surface area (Å²) in [7, 11) is 0. The Balaban J connectivity index is 2.18. The van der Waals surface area contributed by atoms with Gasteiger partial charge < -0.3 is 5.73 Å². The second-order valence-corrected chi connectivity index (χ2v) is 3.41. The van der Waals surface area contributed by atoms with Crippen molar-refractivity contribution in [2.75, 3.05) is 5.73 Å². The predicted molar refractivity (Wildman–Crippen MR) is 61.1 cm³/mol. The van der Waals surface area contributed by atoms with Gasteiger partial charge in [-0.05, 0) is 18.2 Å². The summed E-state index contributed by atoms with van der Waals surface area (Å²) in [5, 5.41) is 5.11. The van der Waals surface area contributed by atoms with Crippen molar-refractivity contribution in [1.29, 1.82) is 0 Å². The quantitative estimate of drug-likeness (QED) is 0.660. The first-order chi connectivity index (χ1) is 7.83. The highest BCUT2D eigenvalue weighted by atomic mass is 15.4. The third kappa shape index (κ3) is 1.38. The molecule has 78 valence electrons. The largest absolute Gasteiger partial charge is 0.366 e. The van der Waals surface area contributed by atoms with E-state index in [2.05, 4.69) is 15.1 Å². The molecule has 0 unspecified atom stereocenters. The minimum absolute atomic E-state index is 0.245. The van der Waals surface area contributed by atoms with Crippen LogP contribution in [0, 0.1) is 0 Å². The van der Waals surface area contributed by atoms with E-state index >= 15 is 0 Å². The first kappa shape index (κ1) is 8.84. The lowest BCUT2D eigenvalue weighted by atomic mass is 10.2. The van der Waals surface area contributed by atoms with Gasteiger partial charge in [0, 0.05) is 5.39 Å². The predicted octanol–water partition coefficient (Wildman–Crippen LogP) is 1.40. The molecule has 2 N–H and O–H groups in total. The molecule has 0 spiro atoms. The van der Waals surface area contributed by atoms with E-state index < -0.39 is 0 Å². The van der Waals surface area contributed by atoms with Crippen LogP contribution in [0.1, 0.15) is 0 Å². The maximum absolute atomic E-state index is 5.46. The molecule has 0 fully saturated rings. The number of aromatic nitrogens is 4. The number of fused-ring (bicyclic) bond motifs is 1. The summed E-state index contributed by atoms with van der Waals surface area (Å²) < 4.78 is 1.56. The van der Waals surface area contributed by atoms with Crippen LogP contribution in [0.2, 0.25) is 0 Å². The molecule has 2 aromatic heterocycles. The molecule has 0 saturated carbocycles. The van der Waals surface area contributed by atoms with Crippen molar-refractivity contribution in [1.82, 2.24) is 19.7 Å². The molecule has 3 aromatic rings. The number of hydrogen-bond donors (Lipinski definition) is 1. The van der Waals surface area contributed by atoms with E-state index in [4.69, 9.17) is 5.73 Å². The molecule has 0 aliphatic carbocycles. The Morgan fingerprint density at radius 2 is 1.94 bits per heavy atom. The number of nitrogen functional groups attached to an aromatic ring is 1. The van der Waals surface area contributed by atoms with E-state index in [1.807, 2.05) is 36.4 Å². The van der Waals surface area contributed by atoms with Crippen LogP contribution < -0.4 is 5.73 Å². The second kappa shape index (κ2) is 3.30. The Morgan fingerprint density at radius 1 is 1.06 bits per heavy atom. The molecular formula is C11H9N5. The summed E-state index contributed by atoms with van der Waals surface area (Å²) in [6.45, 7) is 0. The van der Waals surface area contributed by atoms with Gasteiger partial charge in [0.15, 0.2) is 5.82 Å². The number of pyridine rings is 1. The molecule has 2 heterocycles. The van der Waals surface area contributed by atoms with Crippen molar-refractivity contribution in [2.24, 2.45) is 0 Å². The standard InChI is InChI=1S/C11H9N5/c12-11-13-7-16(15-11)10-6-5-8-3-1-2-4-9(8)14-10/h1-7H,(H2,12,15). The highest BCUT2D eigenvalue weighted by Gasteiger charge is 2.02. The molecule has 0 radical (unpaired) electrons. The van der Waals surface area contributed by atoms with Crippen LogP contribution in [0.4, 0.5) is 5.95 Å². The molecule has 3 rings (SSSR count). The van der Waals surface area contributed by atoms with Gasteiger partial charge in [0.05, 0.1) is 5.52 Å². The average molecular weight is 211 g/mol. The smallest absolute Gasteiger partial charge is 0.239 e. The Bertz CT molecular complexity index is 643. The van der Waals surface area contributed by atoms with Gasteiger partial charge in [-0.25, -0.2) is 14.6 Å². The van der Waals surface area contributed by atoms with Crippen LogP contribution >= 0.6 is 0 Å². The maximum Gasteiger partial charge on any atom is 0.239 e. The summed E-state index contributed by atoms with van der Waals surface area (Å²) in [6, 6.07) is 11.8. The van der Waals surface area contributed by atoms with Gasteiger partial charge in [0.1, 0.15) is 6.33 Å². The van der Waals surface area contributed by atoms with Crippen LogP contribution in [-0.4, -0.2) is 19.7 Å². The van der Waals surface area contributed by atoms with Gasteiger partial charge in [0.25, 0.3) is 0 Å². The van der Waals surface area contributed by atoms with Crippen LogP contribution in [0.15, 0.2) is 42.7 Å². The van der Waals surface area contributed by atoms with E-state index in [9.17, 15) is 0 Å². The van der Waals surface area contributed by atoms with Crippen molar-refractivity contribution in [3.63, 3.8) is 0 Å². The fourth-order valence-electron chi connectivity index (χ4n) is 1.57. The third-order valence-corrected chi connectivity index (χ3v) is 2.33. The highest BCUT2D eigenvalue weighted by Crippen LogP contribution is 2.13. The van der Waals surface area contributed by atoms with E-state index in [1.165, 1.54) is 0 Å². The molecule has 5 heteroatoms. The van der Waals surface area contributed by atoms with Gasteiger partial charge in [-0.3, -0.25) is 0 Å². The summed E-state index contributed by atoms with van der Waals surface area (Å²) >= 11 is 0. The van der Waals surface area contributed by atoms with Gasteiger partial charge in [-0.15, -0.1) is 5.10 Å². The van der Waals surface area contributed by atoms with Crippen molar-refractivity contribution in [2.45, 2.75) is 0 Å². The number of para-hydroxylation sites is 1. The van der Waals surface area contributed by atoms with Crippen LogP contribution in [0.5, 0.6) is 0 Å². The molecule has 0 saturated heterocycles. The zero-order valence-electron chi connectivity index (χ0n) is 8.41. The Kier molecular flexibility index (Phi) is 1.83. The van der Waals surface area contributed by atoms with Gasteiger partial charge in [0.2, 0.25) is 5.95 Å². The third-order valence-electron chi connectivity index (χ3n) is 2.33. The lowest BCUT2D eigenvalue weighted by Crippen LogP contribution is -1.99. The molecule has 0 amide bonds. The number of benzene rings is 1. The summed E-state index contributed by atoms with van der Waals surface area (Å²) in [5.41, 5.74) is 6.38. The number of nitrogens with two attached hydrogens (primary N) is 1. The van der Waals surface area contributed by atoms with Crippen molar-refractivity contribution in [3.8, 4) is 5.82 Å². The molecule has 5 nitrogen and oxygen atoms in total. The summed E-state index contributed by atoms with van der Waals surface area (Å²) in [4.78, 5) is 8.33. The van der Waals surface area contributed by atoms with Gasteiger partial charge in [-0.2, -0.15) is 0 Å². The maximum atomic E-state index is 5.46. The van der Waals surface area contributed by atoms with Crippen LogP contribution in [0.3, 0.4) is 0 Å². The molecule has 0 bridgehead atoms. The molecular weight excluding hydrogens is 202 g/mol. The number of hydrogen-bond acceptors (Lipinski definition) is 4. The zero-order valence-corrected chi connectivity index (χ0v) is 8.41. The number of anilines is 1. The minimum Gasteiger partial charge on any atom is -0.366 e. The number of nitrogens with zero attached hydrogens (tertiary/aromatic N) is 4. The molecule has 1 aromatic carbocycles. The Labute approximate surface area is 91.6 Å². The van der Waals surface area contributed by atoms with Crippen molar-refractivity contribution in [3.05, 3.63) is 42.7 Å². The fraction of sp³-hybridized carbons (Fsp3) is 0. The Hall–Kier alpha value is -2.43. The van der Waals surface area contributed by atoms with Crippen LogP contribution in [-0.2, 0) is 0 Å². The monoisotopic (exact) mass is 211 g/mol. The normalized spacial score (nSPS) is 10.8. The number of rotatable bonds is 1. The van der Waals surface area contributed by atoms with E-state index in [1.54, 1.807) is 11.0 Å². The Morgan fingerprint density at radius 3 is 2.75 bits per heavy atom. The first-order valence-corrected chi connectivity index (χ1v) is 4.86. The first-order valence-electron chi connectivity index (χ1n) is 4.86. The highest BCUT2D eigenvalue weighted by molar-refractivity contribution is 5.79. The average Bonchev–Trinajstić information content (AvgIpc) is 2.75. The molecule has 0 aliphatic rings. The lowest BCUT2D eigenvalue weighted by molar-refractivity contribution is 0.855. The van der Waals surface area contributed by atoms with Gasteiger partial charge in [-0.1, -0.05) is 18.2 Å². The fourth-order valence-corrected chi connectivity index (χ4v) is 1.57. The second-order valence-electron chi connectivity index (χ2n) is 3.41. The van der Waals surface area contributed by atoms with Gasteiger partial charge >= 0.3 is 0 Å². The van der Waals surface area contributed by atoms with E-state index in [0.717, 1.165) is 10.9 Å². The van der Waals surface area contributed by atoms with Crippen LogP contribution in [0.25, 0.3) is 16.7 Å². The zero-order chi connectivity index (χ0) is 11.0.